The van der Waals surface area contributed by atoms with Crippen LogP contribution in [0.4, 0.5) is 19.3 Å². The highest BCUT2D eigenvalue weighted by Crippen LogP contribution is 2.45. The van der Waals surface area contributed by atoms with Gasteiger partial charge in [0.05, 0.1) is 12.0 Å². The van der Waals surface area contributed by atoms with Gasteiger partial charge in [0, 0.05) is 30.1 Å². The van der Waals surface area contributed by atoms with E-state index < -0.39 is 34.8 Å². The summed E-state index contributed by atoms with van der Waals surface area (Å²) in [5.41, 5.74) is 0.912. The molecule has 2 heterocycles. The maximum atomic E-state index is 15.1. The van der Waals surface area contributed by atoms with Crippen LogP contribution in [-0.2, 0) is 16.8 Å². The van der Waals surface area contributed by atoms with E-state index in [4.69, 9.17) is 0 Å². The van der Waals surface area contributed by atoms with E-state index in [2.05, 4.69) is 16.8 Å². The zero-order valence-electron chi connectivity index (χ0n) is 18.5. The van der Waals surface area contributed by atoms with Crippen molar-refractivity contribution in [2.75, 3.05) is 11.9 Å². The van der Waals surface area contributed by atoms with Crippen LogP contribution < -0.4 is 4.90 Å². The first-order valence-corrected chi connectivity index (χ1v) is 11.0. The minimum absolute atomic E-state index is 0.0810. The molecule has 0 bridgehead atoms. The number of aromatic nitrogens is 1. The van der Waals surface area contributed by atoms with E-state index in [1.165, 1.54) is 4.90 Å². The van der Waals surface area contributed by atoms with Crippen LogP contribution >= 0.6 is 0 Å². The zero-order valence-corrected chi connectivity index (χ0v) is 18.5. The number of anilines is 1. The van der Waals surface area contributed by atoms with Gasteiger partial charge in [-0.05, 0) is 55.2 Å². The molecule has 3 amide bonds. The number of rotatable bonds is 1. The molecule has 170 valence electrons. The lowest BCUT2D eigenvalue weighted by Gasteiger charge is -2.50. The van der Waals surface area contributed by atoms with Gasteiger partial charge < -0.3 is 4.90 Å². The molecule has 2 aliphatic rings. The summed E-state index contributed by atoms with van der Waals surface area (Å²) in [5, 5.41) is 0. The first-order valence-electron chi connectivity index (χ1n) is 11.0. The van der Waals surface area contributed by atoms with Gasteiger partial charge in [-0.25, -0.2) is 18.5 Å². The molecule has 1 aromatic heterocycles. The number of benzene rings is 2. The van der Waals surface area contributed by atoms with Crippen molar-refractivity contribution in [1.82, 2.24) is 9.88 Å². The van der Waals surface area contributed by atoms with Gasteiger partial charge in [-0.2, -0.15) is 0 Å². The van der Waals surface area contributed by atoms with Crippen molar-refractivity contribution in [1.29, 1.82) is 0 Å². The Bertz CT molecular complexity index is 1340. The summed E-state index contributed by atoms with van der Waals surface area (Å²) in [4.78, 5) is 33.0. The maximum Gasteiger partial charge on any atom is 0.332 e. The zero-order chi connectivity index (χ0) is 23.9. The molecule has 0 radical (unpaired) electrons. The molecule has 1 aliphatic heterocycles. The average Bonchev–Trinajstić information content (AvgIpc) is 2.84. The van der Waals surface area contributed by atoms with Crippen LogP contribution in [0.5, 0.6) is 0 Å². The first kappa shape index (κ1) is 21.8. The fraction of sp³-hybridized carbons (Fsp3) is 0.222. The summed E-state index contributed by atoms with van der Waals surface area (Å²) in [6.07, 6.45) is 3.69. The predicted octanol–water partition coefficient (Wildman–Crippen LogP) is 4.78. The second-order valence-corrected chi connectivity index (χ2v) is 8.53. The molecule has 0 N–H and O–H groups in total. The van der Waals surface area contributed by atoms with Crippen molar-refractivity contribution < 1.29 is 18.4 Å². The number of carbonyl (C=O) groups excluding carboxylic acids is 2. The number of amides is 3. The molecule has 3 aromatic rings. The molecular weight excluding hydrogens is 436 g/mol. The van der Waals surface area contributed by atoms with Crippen LogP contribution in [0, 0.1) is 23.5 Å². The highest BCUT2D eigenvalue weighted by Gasteiger charge is 2.52. The molecule has 1 atom stereocenters. The van der Waals surface area contributed by atoms with E-state index in [0.29, 0.717) is 16.9 Å². The number of pyridine rings is 1. The Morgan fingerprint density at radius 3 is 2.41 bits per heavy atom. The Morgan fingerprint density at radius 1 is 0.971 bits per heavy atom. The highest BCUT2D eigenvalue weighted by atomic mass is 19.1. The second kappa shape index (κ2) is 8.38. The van der Waals surface area contributed by atoms with Crippen LogP contribution in [0.3, 0.4) is 0 Å². The monoisotopic (exact) mass is 457 g/mol. The SMILES string of the molecule is CN1C(=O)N(c2c(F)cc(C#Cc3ccccc3)cc2F)C(=O)C[C@]12CCCc1ncccc12. The summed E-state index contributed by atoms with van der Waals surface area (Å²) >= 11 is 0. The summed E-state index contributed by atoms with van der Waals surface area (Å²) in [5.74, 6) is 2.88. The van der Waals surface area contributed by atoms with Crippen molar-refractivity contribution in [3.63, 3.8) is 0 Å². The number of carbonyl (C=O) groups is 2. The lowest BCUT2D eigenvalue weighted by Crippen LogP contribution is -2.62. The minimum atomic E-state index is -1.02. The highest BCUT2D eigenvalue weighted by molar-refractivity contribution is 6.16. The number of urea groups is 1. The quantitative estimate of drug-likeness (QED) is 0.494. The lowest BCUT2D eigenvalue weighted by molar-refractivity contribution is -0.123. The van der Waals surface area contributed by atoms with E-state index >= 15 is 8.78 Å². The maximum absolute atomic E-state index is 15.1. The van der Waals surface area contributed by atoms with E-state index in [9.17, 15) is 9.59 Å². The van der Waals surface area contributed by atoms with Crippen molar-refractivity contribution in [3.05, 3.63) is 94.8 Å². The number of hydrogen-bond donors (Lipinski definition) is 0. The van der Waals surface area contributed by atoms with Gasteiger partial charge in [0.25, 0.3) is 0 Å². The molecule has 5 rings (SSSR count). The molecule has 0 unspecified atom stereocenters. The van der Waals surface area contributed by atoms with E-state index in [1.54, 1.807) is 31.4 Å². The van der Waals surface area contributed by atoms with Gasteiger partial charge >= 0.3 is 6.03 Å². The number of aryl methyl sites for hydroxylation is 1. The van der Waals surface area contributed by atoms with Gasteiger partial charge in [0.2, 0.25) is 5.91 Å². The van der Waals surface area contributed by atoms with Crippen molar-refractivity contribution >= 4 is 17.6 Å². The molecule has 1 saturated heterocycles. The summed E-state index contributed by atoms with van der Waals surface area (Å²) in [7, 11) is 1.57. The lowest BCUT2D eigenvalue weighted by atomic mass is 9.74. The van der Waals surface area contributed by atoms with Gasteiger partial charge in [0.1, 0.15) is 5.69 Å². The third-order valence-electron chi connectivity index (χ3n) is 6.57. The number of nitrogens with zero attached hydrogens (tertiary/aromatic N) is 3. The fourth-order valence-corrected chi connectivity index (χ4v) is 4.90. The Hall–Kier alpha value is -4.05. The average molecular weight is 457 g/mol. The standard InChI is InChI=1S/C27H21F2N3O2/c1-31-26(34)32(24(33)17-27(31)13-5-10-23-20(27)9-6-14-30-23)25-21(28)15-19(16-22(25)29)12-11-18-7-3-2-4-8-18/h2-4,6-9,14-16H,5,10,13,17H2,1H3/t27-/m0/s1. The summed E-state index contributed by atoms with van der Waals surface area (Å²) < 4.78 is 30.2. The largest absolute Gasteiger partial charge is 0.332 e. The molecule has 1 fully saturated rings. The van der Waals surface area contributed by atoms with Crippen LogP contribution in [0.1, 0.15) is 41.6 Å². The van der Waals surface area contributed by atoms with E-state index in [-0.39, 0.29) is 12.0 Å². The van der Waals surface area contributed by atoms with Crippen LogP contribution in [0.2, 0.25) is 0 Å². The number of halogens is 2. The van der Waals surface area contributed by atoms with Crippen molar-refractivity contribution in [2.24, 2.45) is 0 Å². The number of fused-ring (bicyclic) bond motifs is 2. The molecule has 5 nitrogen and oxygen atoms in total. The Labute approximate surface area is 196 Å². The third kappa shape index (κ3) is 3.52. The van der Waals surface area contributed by atoms with E-state index in [0.717, 1.165) is 36.2 Å². The van der Waals surface area contributed by atoms with Crippen molar-refractivity contribution in [3.8, 4) is 11.8 Å². The summed E-state index contributed by atoms with van der Waals surface area (Å²) in [6, 6.07) is 14.0. The Kier molecular flexibility index (Phi) is 5.37. The molecular formula is C27H21F2N3O2. The van der Waals surface area contributed by atoms with Gasteiger partial charge in [-0.1, -0.05) is 36.1 Å². The Morgan fingerprint density at radius 2 is 1.68 bits per heavy atom. The second-order valence-electron chi connectivity index (χ2n) is 8.53. The van der Waals surface area contributed by atoms with Crippen LogP contribution in [0.25, 0.3) is 0 Å². The molecule has 1 aliphatic carbocycles. The van der Waals surface area contributed by atoms with Crippen molar-refractivity contribution in [2.45, 2.75) is 31.2 Å². The van der Waals surface area contributed by atoms with Gasteiger partial charge in [-0.15, -0.1) is 0 Å². The molecule has 2 aromatic carbocycles. The number of imide groups is 1. The normalized spacial score (nSPS) is 19.6. The van der Waals surface area contributed by atoms with Gasteiger partial charge in [0.15, 0.2) is 11.6 Å². The predicted molar refractivity (Wildman–Crippen MR) is 123 cm³/mol. The molecule has 1 spiro atoms. The third-order valence-corrected chi connectivity index (χ3v) is 6.57. The molecule has 7 heteroatoms. The van der Waals surface area contributed by atoms with Crippen LogP contribution in [-0.4, -0.2) is 28.9 Å². The minimum Gasteiger partial charge on any atom is -0.317 e. The van der Waals surface area contributed by atoms with Crippen LogP contribution in [0.15, 0.2) is 60.8 Å². The fourth-order valence-electron chi connectivity index (χ4n) is 4.90. The topological polar surface area (TPSA) is 53.5 Å². The number of hydrogen-bond acceptors (Lipinski definition) is 3. The Balaban J connectivity index is 1.50. The van der Waals surface area contributed by atoms with Gasteiger partial charge in [-0.3, -0.25) is 9.78 Å². The molecule has 0 saturated carbocycles. The summed E-state index contributed by atoms with van der Waals surface area (Å²) in [6.45, 7) is 0. The van der Waals surface area contributed by atoms with E-state index in [1.807, 2.05) is 24.3 Å². The first-order chi connectivity index (χ1) is 16.4. The molecule has 34 heavy (non-hydrogen) atoms. The smallest absolute Gasteiger partial charge is 0.317 e.